The van der Waals surface area contributed by atoms with Crippen molar-refractivity contribution in [3.05, 3.63) is 52.9 Å². The molecule has 3 N–H and O–H groups in total. The van der Waals surface area contributed by atoms with Crippen LogP contribution in [0.1, 0.15) is 17.0 Å². The van der Waals surface area contributed by atoms with E-state index in [-0.39, 0.29) is 17.3 Å². The second kappa shape index (κ2) is 9.15. The molecular formula is C24H24N4O6. The number of hydrogen-bond donors (Lipinski definition) is 2. The fourth-order valence-electron chi connectivity index (χ4n) is 4.06. The maximum Gasteiger partial charge on any atom is 0.244 e. The molecule has 1 aliphatic rings. The van der Waals surface area contributed by atoms with Crippen LogP contribution in [0.4, 0.5) is 0 Å². The Morgan fingerprint density at radius 1 is 0.941 bits per heavy atom. The number of hydrogen-bond acceptors (Lipinski definition) is 9. The molecule has 1 aliphatic heterocycles. The lowest BCUT2D eigenvalue weighted by molar-refractivity contribution is 0.324. The van der Waals surface area contributed by atoms with E-state index in [9.17, 15) is 5.26 Å². The topological polar surface area (TPSA) is 134 Å². The molecule has 2 heterocycles. The number of H-pyrrole nitrogens is 1. The zero-order valence-corrected chi connectivity index (χ0v) is 19.4. The third-order valence-corrected chi connectivity index (χ3v) is 5.64. The molecule has 10 heteroatoms. The third kappa shape index (κ3) is 3.57. The Bertz CT molecular complexity index is 1280. The van der Waals surface area contributed by atoms with Crippen LogP contribution in [-0.4, -0.2) is 45.7 Å². The first-order valence-electron chi connectivity index (χ1n) is 10.2. The van der Waals surface area contributed by atoms with Crippen molar-refractivity contribution in [2.45, 2.75) is 5.92 Å². The highest BCUT2D eigenvalue weighted by Gasteiger charge is 2.37. The van der Waals surface area contributed by atoms with E-state index in [0.29, 0.717) is 51.1 Å². The quantitative estimate of drug-likeness (QED) is 0.540. The number of benzene rings is 2. The molecule has 0 unspecified atom stereocenters. The van der Waals surface area contributed by atoms with Crippen molar-refractivity contribution < 1.29 is 28.4 Å². The Balaban J connectivity index is 1.98. The molecule has 0 saturated carbocycles. The molecule has 1 atom stereocenters. The molecule has 176 valence electrons. The largest absolute Gasteiger partial charge is 0.497 e. The molecule has 0 radical (unpaired) electrons. The summed E-state index contributed by atoms with van der Waals surface area (Å²) in [7, 11) is 7.72. The molecule has 10 nitrogen and oxygen atoms in total. The van der Waals surface area contributed by atoms with Gasteiger partial charge in [0.05, 0.1) is 52.7 Å². The number of nitrogens with one attached hydrogen (secondary N) is 1. The van der Waals surface area contributed by atoms with Crippen LogP contribution in [0.5, 0.6) is 34.6 Å². The summed E-state index contributed by atoms with van der Waals surface area (Å²) in [5.74, 6) is 2.12. The van der Waals surface area contributed by atoms with Crippen LogP contribution < -0.4 is 34.2 Å². The number of allylic oxidation sites excluding steroid dienone is 1. The van der Waals surface area contributed by atoms with Gasteiger partial charge in [-0.2, -0.15) is 5.26 Å². The predicted octanol–water partition coefficient (Wildman–Crippen LogP) is 3.34. The smallest absolute Gasteiger partial charge is 0.244 e. The number of ether oxygens (including phenoxy) is 6. The van der Waals surface area contributed by atoms with Crippen LogP contribution in [0, 0.1) is 11.3 Å². The van der Waals surface area contributed by atoms with E-state index in [0.717, 1.165) is 0 Å². The molecule has 0 amide bonds. The lowest BCUT2D eigenvalue weighted by Gasteiger charge is -2.25. The van der Waals surface area contributed by atoms with Crippen LogP contribution in [0.3, 0.4) is 0 Å². The number of nitrogens with zero attached hydrogens (tertiary/aromatic N) is 2. The van der Waals surface area contributed by atoms with Crippen LogP contribution >= 0.6 is 0 Å². The zero-order chi connectivity index (χ0) is 24.4. The van der Waals surface area contributed by atoms with Gasteiger partial charge in [0.1, 0.15) is 23.1 Å². The van der Waals surface area contributed by atoms with E-state index in [1.165, 1.54) is 21.3 Å². The van der Waals surface area contributed by atoms with Crippen LogP contribution in [0.15, 0.2) is 41.8 Å². The second-order valence-electron chi connectivity index (χ2n) is 7.26. The van der Waals surface area contributed by atoms with E-state index in [4.69, 9.17) is 34.2 Å². The molecule has 0 spiro atoms. The van der Waals surface area contributed by atoms with Gasteiger partial charge in [-0.3, -0.25) is 5.10 Å². The van der Waals surface area contributed by atoms with Crippen molar-refractivity contribution in [1.82, 2.24) is 10.2 Å². The van der Waals surface area contributed by atoms with E-state index in [2.05, 4.69) is 16.3 Å². The number of rotatable bonds is 7. The predicted molar refractivity (Wildman–Crippen MR) is 123 cm³/mol. The molecule has 2 aromatic carbocycles. The molecular weight excluding hydrogens is 440 g/mol. The third-order valence-electron chi connectivity index (χ3n) is 5.64. The minimum atomic E-state index is -0.623. The van der Waals surface area contributed by atoms with Gasteiger partial charge in [0, 0.05) is 17.2 Å². The Hall–Kier alpha value is -4.52. The maximum absolute atomic E-state index is 9.99. The fourth-order valence-corrected chi connectivity index (χ4v) is 4.06. The number of fused-ring (bicyclic) bond motifs is 1. The Labute approximate surface area is 196 Å². The molecule has 4 rings (SSSR count). The van der Waals surface area contributed by atoms with Gasteiger partial charge in [-0.25, -0.2) is 0 Å². The summed E-state index contributed by atoms with van der Waals surface area (Å²) in [4.78, 5) is 0. The summed E-state index contributed by atoms with van der Waals surface area (Å²) in [6, 6.07) is 11.1. The average Bonchev–Trinajstić information content (AvgIpc) is 3.29. The van der Waals surface area contributed by atoms with Gasteiger partial charge in [0.25, 0.3) is 0 Å². The van der Waals surface area contributed by atoms with Crippen LogP contribution in [-0.2, 0) is 0 Å². The van der Waals surface area contributed by atoms with Gasteiger partial charge >= 0.3 is 0 Å². The van der Waals surface area contributed by atoms with Crippen molar-refractivity contribution >= 4 is 0 Å². The summed E-state index contributed by atoms with van der Waals surface area (Å²) in [6.07, 6.45) is 0. The molecule has 34 heavy (non-hydrogen) atoms. The number of nitrogens with two attached hydrogens (primary N) is 1. The first-order valence-corrected chi connectivity index (χ1v) is 10.2. The van der Waals surface area contributed by atoms with Gasteiger partial charge in [0.15, 0.2) is 11.5 Å². The van der Waals surface area contributed by atoms with E-state index >= 15 is 0 Å². The summed E-state index contributed by atoms with van der Waals surface area (Å²) in [6.45, 7) is 0. The van der Waals surface area contributed by atoms with Gasteiger partial charge in [-0.1, -0.05) is 6.07 Å². The monoisotopic (exact) mass is 464 g/mol. The number of aromatic amines is 1. The van der Waals surface area contributed by atoms with Crippen molar-refractivity contribution in [3.63, 3.8) is 0 Å². The van der Waals surface area contributed by atoms with Crippen LogP contribution in [0.2, 0.25) is 0 Å². The summed E-state index contributed by atoms with van der Waals surface area (Å²) in [5, 5.41) is 17.3. The maximum atomic E-state index is 9.99. The molecule has 0 saturated heterocycles. The summed E-state index contributed by atoms with van der Waals surface area (Å²) in [5.41, 5.74) is 8.93. The number of nitriles is 1. The Kier molecular flexibility index (Phi) is 6.10. The first-order chi connectivity index (χ1) is 16.5. The molecule has 0 fully saturated rings. The van der Waals surface area contributed by atoms with E-state index in [1.807, 2.05) is 6.07 Å². The second-order valence-corrected chi connectivity index (χ2v) is 7.26. The lowest BCUT2D eigenvalue weighted by atomic mass is 9.82. The number of methoxy groups -OCH3 is 5. The SMILES string of the molecule is COc1ccc([C@@H]2C(C#N)=C(N)Oc3n[nH]c(-c4cc(OC)c(OC)c(OC)c4)c32)c(OC)c1. The normalized spacial score (nSPS) is 14.5. The summed E-state index contributed by atoms with van der Waals surface area (Å²) >= 11 is 0. The van der Waals surface area contributed by atoms with Gasteiger partial charge < -0.3 is 34.2 Å². The molecule has 1 aromatic heterocycles. The first kappa shape index (κ1) is 22.7. The minimum absolute atomic E-state index is 0.0270. The van der Waals surface area contributed by atoms with Gasteiger partial charge in [-0.05, 0) is 18.2 Å². The molecule has 0 aliphatic carbocycles. The van der Waals surface area contributed by atoms with E-state index in [1.54, 1.807) is 38.5 Å². The van der Waals surface area contributed by atoms with Gasteiger partial charge in [-0.15, -0.1) is 5.10 Å². The highest BCUT2D eigenvalue weighted by Crippen LogP contribution is 2.50. The summed E-state index contributed by atoms with van der Waals surface area (Å²) < 4.78 is 33.1. The van der Waals surface area contributed by atoms with Gasteiger partial charge in [0.2, 0.25) is 17.5 Å². The van der Waals surface area contributed by atoms with E-state index < -0.39 is 5.92 Å². The molecule has 3 aromatic rings. The molecule has 0 bridgehead atoms. The highest BCUT2D eigenvalue weighted by atomic mass is 16.5. The van der Waals surface area contributed by atoms with Crippen LogP contribution in [0.25, 0.3) is 11.3 Å². The lowest BCUT2D eigenvalue weighted by Crippen LogP contribution is -2.21. The number of aromatic nitrogens is 2. The Morgan fingerprint density at radius 2 is 1.62 bits per heavy atom. The van der Waals surface area contributed by atoms with Crippen molar-refractivity contribution in [3.8, 4) is 52.0 Å². The average molecular weight is 464 g/mol. The van der Waals surface area contributed by atoms with Crippen molar-refractivity contribution in [2.24, 2.45) is 5.73 Å². The fraction of sp³-hybridized carbons (Fsp3) is 0.250. The highest BCUT2D eigenvalue weighted by molar-refractivity contribution is 5.75. The Morgan fingerprint density at radius 3 is 2.18 bits per heavy atom. The van der Waals surface area contributed by atoms with Crippen molar-refractivity contribution in [1.29, 1.82) is 5.26 Å². The standard InChI is InChI=1S/C24H24N4O6/c1-29-13-6-7-14(16(10-13)30-2)19-15(11-25)23(26)34-24-20(19)21(27-28-24)12-8-17(31-3)22(33-5)18(9-12)32-4/h6-10,19H,26H2,1-5H3,(H,27,28)/t19-/m1/s1. The zero-order valence-electron chi connectivity index (χ0n) is 19.4. The van der Waals surface area contributed by atoms with Crippen molar-refractivity contribution in [2.75, 3.05) is 35.5 Å². The minimum Gasteiger partial charge on any atom is -0.497 e.